The quantitative estimate of drug-likeness (QED) is 0.729. The Hall–Kier alpha value is -3.60. The third-order valence-electron chi connectivity index (χ3n) is 5.36. The molecule has 3 aromatic carbocycles. The lowest BCUT2D eigenvalue weighted by Gasteiger charge is -2.39. The topological polar surface area (TPSA) is 58.6 Å². The normalized spacial score (nSPS) is 18.1. The van der Waals surface area contributed by atoms with Gasteiger partial charge in [-0.1, -0.05) is 48.5 Å². The van der Waals surface area contributed by atoms with Crippen LogP contribution in [-0.4, -0.2) is 30.9 Å². The van der Waals surface area contributed by atoms with E-state index in [2.05, 4.69) is 5.32 Å². The summed E-state index contributed by atoms with van der Waals surface area (Å²) in [7, 11) is 3.35. The van der Waals surface area contributed by atoms with Crippen LogP contribution in [0.25, 0.3) is 0 Å². The summed E-state index contributed by atoms with van der Waals surface area (Å²) < 4.78 is 5.18. The van der Waals surface area contributed by atoms with Crippen molar-refractivity contribution in [3.8, 4) is 5.75 Å². The minimum atomic E-state index is -0.529. The van der Waals surface area contributed by atoms with Gasteiger partial charge in [-0.05, 0) is 41.5 Å². The molecule has 2 atom stereocenters. The minimum Gasteiger partial charge on any atom is -0.497 e. The van der Waals surface area contributed by atoms with E-state index in [1.54, 1.807) is 49.4 Å². The highest BCUT2D eigenvalue weighted by Gasteiger charge is 2.42. The van der Waals surface area contributed by atoms with Crippen molar-refractivity contribution in [2.45, 2.75) is 12.0 Å². The summed E-state index contributed by atoms with van der Waals surface area (Å²) in [5.74, 6) is -0.0457. The fourth-order valence-corrected chi connectivity index (χ4v) is 3.92. The van der Waals surface area contributed by atoms with E-state index in [9.17, 15) is 9.59 Å². The fourth-order valence-electron chi connectivity index (χ4n) is 3.92. The van der Waals surface area contributed by atoms with Crippen molar-refractivity contribution >= 4 is 17.5 Å². The van der Waals surface area contributed by atoms with Crippen molar-refractivity contribution < 1.29 is 14.3 Å². The largest absolute Gasteiger partial charge is 0.497 e. The number of anilines is 1. The number of fused-ring (bicyclic) bond motifs is 1. The summed E-state index contributed by atoms with van der Waals surface area (Å²) >= 11 is 0. The van der Waals surface area contributed by atoms with Gasteiger partial charge in [0.2, 0.25) is 5.91 Å². The van der Waals surface area contributed by atoms with Crippen LogP contribution in [0.5, 0.6) is 5.75 Å². The molecule has 1 aliphatic rings. The summed E-state index contributed by atoms with van der Waals surface area (Å²) in [6.45, 7) is 0. The summed E-state index contributed by atoms with van der Waals surface area (Å²) in [5, 5.41) is 3.01. The van der Waals surface area contributed by atoms with Gasteiger partial charge in [0.15, 0.2) is 0 Å². The molecule has 0 aliphatic carbocycles. The molecule has 0 saturated heterocycles. The van der Waals surface area contributed by atoms with E-state index < -0.39 is 12.0 Å². The van der Waals surface area contributed by atoms with Gasteiger partial charge in [0, 0.05) is 18.3 Å². The molecule has 4 rings (SSSR count). The molecule has 0 spiro atoms. The van der Waals surface area contributed by atoms with E-state index in [-0.39, 0.29) is 11.8 Å². The first-order valence-corrected chi connectivity index (χ1v) is 9.46. The average molecular weight is 386 g/mol. The summed E-state index contributed by atoms with van der Waals surface area (Å²) in [5.41, 5.74) is 2.92. The van der Waals surface area contributed by atoms with Crippen LogP contribution >= 0.6 is 0 Å². The van der Waals surface area contributed by atoms with Gasteiger partial charge >= 0.3 is 0 Å². The first kappa shape index (κ1) is 18.7. The van der Waals surface area contributed by atoms with Crippen LogP contribution in [-0.2, 0) is 4.79 Å². The monoisotopic (exact) mass is 386 g/mol. The molecule has 1 aliphatic heterocycles. The molecular weight excluding hydrogens is 364 g/mol. The van der Waals surface area contributed by atoms with Crippen LogP contribution in [0.4, 0.5) is 5.69 Å². The third kappa shape index (κ3) is 3.47. The van der Waals surface area contributed by atoms with E-state index in [4.69, 9.17) is 4.74 Å². The van der Waals surface area contributed by atoms with Gasteiger partial charge in [-0.25, -0.2) is 0 Å². The highest BCUT2D eigenvalue weighted by molar-refractivity contribution is 6.04. The number of likely N-dealkylation sites (N-methyl/N-ethyl adjacent to an activating group) is 1. The molecule has 0 unspecified atom stereocenters. The molecule has 0 fully saturated rings. The summed E-state index contributed by atoms with van der Waals surface area (Å²) in [6.07, 6.45) is 0. The first-order valence-electron chi connectivity index (χ1n) is 9.46. The summed E-state index contributed by atoms with van der Waals surface area (Å²) in [6, 6.07) is 23.8. The van der Waals surface area contributed by atoms with Crippen LogP contribution < -0.4 is 10.1 Å². The lowest BCUT2D eigenvalue weighted by atomic mass is 9.79. The number of carbonyl (C=O) groups is 2. The Morgan fingerprint density at radius 1 is 0.931 bits per heavy atom. The van der Waals surface area contributed by atoms with E-state index in [1.165, 1.54) is 0 Å². The minimum absolute atomic E-state index is 0.0806. The van der Waals surface area contributed by atoms with Crippen molar-refractivity contribution in [1.82, 2.24) is 4.90 Å². The number of carbonyl (C=O) groups excluding carboxylic acids is 2. The van der Waals surface area contributed by atoms with Gasteiger partial charge in [-0.3, -0.25) is 9.59 Å². The van der Waals surface area contributed by atoms with Crippen molar-refractivity contribution in [3.63, 3.8) is 0 Å². The van der Waals surface area contributed by atoms with Crippen molar-refractivity contribution in [2.75, 3.05) is 19.5 Å². The van der Waals surface area contributed by atoms with Gasteiger partial charge in [-0.2, -0.15) is 0 Å². The second-order valence-corrected chi connectivity index (χ2v) is 7.05. The van der Waals surface area contributed by atoms with Crippen LogP contribution in [0.3, 0.4) is 0 Å². The van der Waals surface area contributed by atoms with E-state index >= 15 is 0 Å². The number of nitrogens with zero attached hydrogens (tertiary/aromatic N) is 1. The molecule has 0 aromatic heterocycles. The number of methoxy groups -OCH3 is 1. The lowest BCUT2D eigenvalue weighted by molar-refractivity contribution is -0.119. The molecule has 1 heterocycles. The average Bonchev–Trinajstić information content (AvgIpc) is 2.77. The number of ether oxygens (including phenoxy) is 1. The second-order valence-electron chi connectivity index (χ2n) is 7.05. The Bertz CT molecular complexity index is 1030. The third-order valence-corrected chi connectivity index (χ3v) is 5.36. The number of benzene rings is 3. The highest BCUT2D eigenvalue weighted by Crippen LogP contribution is 2.42. The molecule has 0 saturated carbocycles. The smallest absolute Gasteiger partial charge is 0.254 e. The molecule has 5 nitrogen and oxygen atoms in total. The van der Waals surface area contributed by atoms with E-state index in [1.807, 2.05) is 48.5 Å². The van der Waals surface area contributed by atoms with Gasteiger partial charge in [0.25, 0.3) is 5.91 Å². The predicted molar refractivity (Wildman–Crippen MR) is 112 cm³/mol. The summed E-state index contributed by atoms with van der Waals surface area (Å²) in [4.78, 5) is 28.1. The van der Waals surface area contributed by atoms with Gasteiger partial charge < -0.3 is 15.0 Å². The second kappa shape index (κ2) is 7.80. The molecule has 5 heteroatoms. The first-order chi connectivity index (χ1) is 14.1. The fraction of sp³-hybridized carbons (Fsp3) is 0.167. The maximum absolute atomic E-state index is 13.4. The maximum Gasteiger partial charge on any atom is 0.254 e. The molecular formula is C24H22N2O3. The Morgan fingerprint density at radius 3 is 2.28 bits per heavy atom. The maximum atomic E-state index is 13.4. The Labute approximate surface area is 169 Å². The lowest BCUT2D eigenvalue weighted by Crippen LogP contribution is -2.44. The van der Waals surface area contributed by atoms with E-state index in [0.717, 1.165) is 16.9 Å². The van der Waals surface area contributed by atoms with Crippen molar-refractivity contribution in [3.05, 3.63) is 95.6 Å². The van der Waals surface area contributed by atoms with Crippen LogP contribution in [0.15, 0.2) is 78.9 Å². The van der Waals surface area contributed by atoms with Crippen molar-refractivity contribution in [1.29, 1.82) is 0 Å². The molecule has 29 heavy (non-hydrogen) atoms. The Morgan fingerprint density at radius 2 is 1.59 bits per heavy atom. The zero-order valence-electron chi connectivity index (χ0n) is 16.3. The molecule has 1 N–H and O–H groups in total. The zero-order valence-corrected chi connectivity index (χ0v) is 16.3. The van der Waals surface area contributed by atoms with Gasteiger partial charge in [0.05, 0.1) is 19.1 Å². The molecule has 2 amide bonds. The number of hydrogen-bond donors (Lipinski definition) is 1. The number of nitrogens with one attached hydrogen (secondary N) is 1. The highest BCUT2D eigenvalue weighted by atomic mass is 16.5. The van der Waals surface area contributed by atoms with E-state index in [0.29, 0.717) is 11.3 Å². The van der Waals surface area contributed by atoms with Crippen LogP contribution in [0.2, 0.25) is 0 Å². The van der Waals surface area contributed by atoms with Gasteiger partial charge in [-0.15, -0.1) is 0 Å². The Kier molecular flexibility index (Phi) is 5.04. The predicted octanol–water partition coefficient (Wildman–Crippen LogP) is 4.24. The van der Waals surface area contributed by atoms with Crippen LogP contribution in [0, 0.1) is 0 Å². The van der Waals surface area contributed by atoms with Gasteiger partial charge in [0.1, 0.15) is 5.75 Å². The number of rotatable bonds is 4. The Balaban J connectivity index is 1.76. The number of amides is 2. The molecule has 0 radical (unpaired) electrons. The SMILES string of the molecule is COc1ccc(NC(=O)[C@H]2c3ccccc3C(=O)N(C)[C@H]2c2ccccc2)cc1. The number of hydrogen-bond acceptors (Lipinski definition) is 3. The van der Waals surface area contributed by atoms with Crippen LogP contribution in [0.1, 0.15) is 33.4 Å². The standard InChI is InChI=1S/C24H22N2O3/c1-26-22(16-8-4-3-5-9-16)21(19-10-6-7-11-20(19)24(26)28)23(27)25-17-12-14-18(29-2)15-13-17/h3-15,21-22H,1-2H3,(H,25,27)/t21-,22-/m0/s1. The van der Waals surface area contributed by atoms with Crippen molar-refractivity contribution in [2.24, 2.45) is 0 Å². The zero-order chi connectivity index (χ0) is 20.4. The molecule has 146 valence electrons. The molecule has 0 bridgehead atoms. The molecule has 3 aromatic rings.